The van der Waals surface area contributed by atoms with E-state index in [1.165, 1.54) is 0 Å². The highest BCUT2D eigenvalue weighted by molar-refractivity contribution is 5.78. The molecule has 0 bridgehead atoms. The summed E-state index contributed by atoms with van der Waals surface area (Å²) in [5, 5.41) is 2.99. The Morgan fingerprint density at radius 3 is 2.75 bits per heavy atom. The lowest BCUT2D eigenvalue weighted by molar-refractivity contribution is -0.119. The maximum Gasteiger partial charge on any atom is 0.217 e. The van der Waals surface area contributed by atoms with E-state index < -0.39 is 0 Å². The molecule has 1 fully saturated rings. The van der Waals surface area contributed by atoms with Crippen molar-refractivity contribution in [2.45, 2.75) is 25.9 Å². The Morgan fingerprint density at radius 2 is 2.04 bits per heavy atom. The lowest BCUT2D eigenvalue weighted by Crippen LogP contribution is -2.35. The lowest BCUT2D eigenvalue weighted by atomic mass is 9.97. The highest BCUT2D eigenvalue weighted by Crippen LogP contribution is 2.26. The Hall–Kier alpha value is -2.46. The number of hydrogen-bond donors (Lipinski definition) is 1. The van der Waals surface area contributed by atoms with Crippen molar-refractivity contribution in [1.82, 2.24) is 10.2 Å². The number of aldehydes is 1. The minimum Gasteiger partial charge on any atom is -0.352 e. The molecule has 1 N–H and O–H groups in total. The van der Waals surface area contributed by atoms with E-state index in [1.807, 2.05) is 36.4 Å². The second-order valence-corrected chi connectivity index (χ2v) is 6.32. The van der Waals surface area contributed by atoms with Crippen LogP contribution in [0.3, 0.4) is 0 Å². The molecule has 3 rings (SSSR count). The standard InChI is InChI=1S/C20H22N2O2/c1-15(24)21-19-9-10-22(13-19)12-18-11-16(14-23)7-8-20(18)17-5-3-2-4-6-17/h2-8,11,14,19H,9-10,12-13H2,1H3,(H,21,24). The van der Waals surface area contributed by atoms with Gasteiger partial charge in [0, 0.05) is 38.2 Å². The number of rotatable bonds is 5. The number of hydrogen-bond acceptors (Lipinski definition) is 3. The van der Waals surface area contributed by atoms with Crippen molar-refractivity contribution in [2.75, 3.05) is 13.1 Å². The van der Waals surface area contributed by atoms with Crippen LogP contribution in [0.15, 0.2) is 48.5 Å². The summed E-state index contributed by atoms with van der Waals surface area (Å²) in [5.41, 5.74) is 4.16. The van der Waals surface area contributed by atoms with E-state index in [2.05, 4.69) is 22.3 Å². The van der Waals surface area contributed by atoms with E-state index >= 15 is 0 Å². The molecule has 4 heteroatoms. The zero-order valence-corrected chi connectivity index (χ0v) is 13.9. The van der Waals surface area contributed by atoms with E-state index in [4.69, 9.17) is 0 Å². The first-order valence-electron chi connectivity index (χ1n) is 8.28. The molecule has 24 heavy (non-hydrogen) atoms. The van der Waals surface area contributed by atoms with Crippen LogP contribution in [0.2, 0.25) is 0 Å². The van der Waals surface area contributed by atoms with Crippen LogP contribution in [0.5, 0.6) is 0 Å². The van der Waals surface area contributed by atoms with Gasteiger partial charge >= 0.3 is 0 Å². The molecule has 124 valence electrons. The molecule has 2 aromatic carbocycles. The van der Waals surface area contributed by atoms with Gasteiger partial charge in [0.05, 0.1) is 0 Å². The predicted molar refractivity (Wildman–Crippen MR) is 94.8 cm³/mol. The summed E-state index contributed by atoms with van der Waals surface area (Å²) in [5.74, 6) is 0.0229. The van der Waals surface area contributed by atoms with Gasteiger partial charge in [-0.15, -0.1) is 0 Å². The molecule has 0 aromatic heterocycles. The number of amides is 1. The zero-order valence-electron chi connectivity index (χ0n) is 13.9. The van der Waals surface area contributed by atoms with Crippen LogP contribution in [0.4, 0.5) is 0 Å². The fraction of sp³-hybridized carbons (Fsp3) is 0.300. The molecule has 1 heterocycles. The van der Waals surface area contributed by atoms with Gasteiger partial charge in [-0.05, 0) is 29.2 Å². The van der Waals surface area contributed by atoms with Gasteiger partial charge in [-0.3, -0.25) is 14.5 Å². The van der Waals surface area contributed by atoms with Gasteiger partial charge in [-0.1, -0.05) is 42.5 Å². The van der Waals surface area contributed by atoms with Crippen molar-refractivity contribution in [3.05, 3.63) is 59.7 Å². The van der Waals surface area contributed by atoms with Crippen LogP contribution in [0.25, 0.3) is 11.1 Å². The minimum atomic E-state index is 0.0229. The summed E-state index contributed by atoms with van der Waals surface area (Å²) in [6, 6.07) is 16.3. The summed E-state index contributed by atoms with van der Waals surface area (Å²) in [6.07, 6.45) is 1.86. The molecular weight excluding hydrogens is 300 g/mol. The Morgan fingerprint density at radius 1 is 1.25 bits per heavy atom. The van der Waals surface area contributed by atoms with Crippen molar-refractivity contribution < 1.29 is 9.59 Å². The Balaban J connectivity index is 1.81. The third-order valence-electron chi connectivity index (χ3n) is 4.42. The highest BCUT2D eigenvalue weighted by Gasteiger charge is 2.23. The second kappa shape index (κ2) is 7.41. The molecule has 1 saturated heterocycles. The summed E-state index contributed by atoms with van der Waals surface area (Å²) in [6.45, 7) is 4.13. The molecule has 1 aliphatic rings. The number of likely N-dealkylation sites (tertiary alicyclic amines) is 1. The number of carbonyl (C=O) groups excluding carboxylic acids is 2. The molecule has 1 unspecified atom stereocenters. The summed E-state index contributed by atoms with van der Waals surface area (Å²) < 4.78 is 0. The molecule has 0 radical (unpaired) electrons. The minimum absolute atomic E-state index is 0.0229. The molecule has 0 spiro atoms. The summed E-state index contributed by atoms with van der Waals surface area (Å²) >= 11 is 0. The van der Waals surface area contributed by atoms with Crippen LogP contribution in [-0.4, -0.2) is 36.2 Å². The van der Waals surface area contributed by atoms with Crippen LogP contribution in [-0.2, 0) is 11.3 Å². The average molecular weight is 322 g/mol. The first-order valence-corrected chi connectivity index (χ1v) is 8.28. The number of nitrogens with zero attached hydrogens (tertiary/aromatic N) is 1. The third-order valence-corrected chi connectivity index (χ3v) is 4.42. The first-order chi connectivity index (χ1) is 11.7. The second-order valence-electron chi connectivity index (χ2n) is 6.32. The average Bonchev–Trinajstić information content (AvgIpc) is 3.01. The molecule has 1 aliphatic heterocycles. The number of nitrogens with one attached hydrogen (secondary N) is 1. The van der Waals surface area contributed by atoms with E-state index in [0.29, 0.717) is 5.56 Å². The molecule has 4 nitrogen and oxygen atoms in total. The van der Waals surface area contributed by atoms with Crippen LogP contribution < -0.4 is 5.32 Å². The van der Waals surface area contributed by atoms with E-state index in [1.54, 1.807) is 6.92 Å². The van der Waals surface area contributed by atoms with Crippen molar-refractivity contribution in [3.8, 4) is 11.1 Å². The molecule has 1 atom stereocenters. The monoisotopic (exact) mass is 322 g/mol. The van der Waals surface area contributed by atoms with Crippen molar-refractivity contribution in [1.29, 1.82) is 0 Å². The lowest BCUT2D eigenvalue weighted by Gasteiger charge is -2.19. The Bertz CT molecular complexity index is 728. The molecule has 0 saturated carbocycles. The Labute approximate surface area is 142 Å². The third kappa shape index (κ3) is 3.89. The summed E-state index contributed by atoms with van der Waals surface area (Å²) in [7, 11) is 0. The van der Waals surface area contributed by atoms with Gasteiger partial charge in [-0.25, -0.2) is 0 Å². The molecule has 1 amide bonds. The van der Waals surface area contributed by atoms with E-state index in [-0.39, 0.29) is 11.9 Å². The van der Waals surface area contributed by atoms with E-state index in [0.717, 1.165) is 49.0 Å². The Kier molecular flexibility index (Phi) is 5.06. The molecule has 0 aliphatic carbocycles. The van der Waals surface area contributed by atoms with Crippen LogP contribution >= 0.6 is 0 Å². The number of benzene rings is 2. The molecular formula is C20H22N2O2. The number of carbonyl (C=O) groups is 2. The summed E-state index contributed by atoms with van der Waals surface area (Å²) in [4.78, 5) is 24.7. The SMILES string of the molecule is CC(=O)NC1CCN(Cc2cc(C=O)ccc2-c2ccccc2)C1. The van der Waals surface area contributed by atoms with Gasteiger partial charge in [0.1, 0.15) is 6.29 Å². The van der Waals surface area contributed by atoms with Gasteiger partial charge in [0.25, 0.3) is 0 Å². The molecule has 2 aromatic rings. The van der Waals surface area contributed by atoms with Gasteiger partial charge in [0.15, 0.2) is 0 Å². The highest BCUT2D eigenvalue weighted by atomic mass is 16.1. The fourth-order valence-electron chi connectivity index (χ4n) is 3.34. The van der Waals surface area contributed by atoms with E-state index in [9.17, 15) is 9.59 Å². The smallest absolute Gasteiger partial charge is 0.217 e. The predicted octanol–water partition coefficient (Wildman–Crippen LogP) is 2.88. The fourth-order valence-corrected chi connectivity index (χ4v) is 3.34. The normalized spacial score (nSPS) is 17.6. The quantitative estimate of drug-likeness (QED) is 0.861. The van der Waals surface area contributed by atoms with Crippen molar-refractivity contribution in [2.24, 2.45) is 0 Å². The van der Waals surface area contributed by atoms with Gasteiger partial charge < -0.3 is 5.32 Å². The van der Waals surface area contributed by atoms with Crippen LogP contribution in [0, 0.1) is 0 Å². The van der Waals surface area contributed by atoms with Gasteiger partial charge in [-0.2, -0.15) is 0 Å². The van der Waals surface area contributed by atoms with Gasteiger partial charge in [0.2, 0.25) is 5.91 Å². The maximum absolute atomic E-state index is 11.2. The maximum atomic E-state index is 11.2. The topological polar surface area (TPSA) is 49.4 Å². The largest absolute Gasteiger partial charge is 0.352 e. The first kappa shape index (κ1) is 16.4. The van der Waals surface area contributed by atoms with Crippen LogP contribution in [0.1, 0.15) is 29.3 Å². The van der Waals surface area contributed by atoms with Crippen molar-refractivity contribution >= 4 is 12.2 Å². The zero-order chi connectivity index (χ0) is 16.9. The van der Waals surface area contributed by atoms with Crippen molar-refractivity contribution in [3.63, 3.8) is 0 Å².